The fourth-order valence-corrected chi connectivity index (χ4v) is 4.86. The molecular formula is C22H20ClNO6S. The summed E-state index contributed by atoms with van der Waals surface area (Å²) in [6, 6.07) is 12.6. The summed E-state index contributed by atoms with van der Waals surface area (Å²) in [6.45, 7) is 3.46. The molecule has 162 valence electrons. The zero-order valence-corrected chi connectivity index (χ0v) is 18.6. The molecule has 7 nitrogen and oxygen atoms in total. The second-order valence-electron chi connectivity index (χ2n) is 7.44. The first-order valence-electron chi connectivity index (χ1n) is 9.52. The Bertz CT molecular complexity index is 1390. The van der Waals surface area contributed by atoms with Crippen molar-refractivity contribution in [2.24, 2.45) is 5.92 Å². The van der Waals surface area contributed by atoms with Crippen LogP contribution in [0.4, 0.5) is 0 Å². The molecule has 0 spiro atoms. The van der Waals surface area contributed by atoms with Gasteiger partial charge in [0.2, 0.25) is 10.0 Å². The normalized spacial score (nSPS) is 13.2. The smallest absolute Gasteiger partial charge is 0.324 e. The third-order valence-corrected chi connectivity index (χ3v) is 6.66. The van der Waals surface area contributed by atoms with Gasteiger partial charge in [-0.05, 0) is 60.0 Å². The standard InChI is InChI=1S/C22H20ClNO6S/c1-12(2)21(22(25)28-3)24-31(26,27)14-5-6-15-16-10-13(17-8-9-20(23)30-17)4-7-18(16)29-19(15)11-14/h4-12,21,24H,1-3H3/t21-/m0/s1. The van der Waals surface area contributed by atoms with Crippen LogP contribution in [0, 0.1) is 5.92 Å². The monoisotopic (exact) mass is 461 g/mol. The highest BCUT2D eigenvalue weighted by Gasteiger charge is 2.29. The minimum atomic E-state index is -3.98. The van der Waals surface area contributed by atoms with E-state index in [-0.39, 0.29) is 10.8 Å². The molecule has 9 heteroatoms. The molecule has 31 heavy (non-hydrogen) atoms. The molecule has 1 N–H and O–H groups in total. The molecule has 0 aliphatic heterocycles. The summed E-state index contributed by atoms with van der Waals surface area (Å²) in [5.41, 5.74) is 1.83. The van der Waals surface area contributed by atoms with Crippen molar-refractivity contribution in [2.75, 3.05) is 7.11 Å². The van der Waals surface area contributed by atoms with Crippen LogP contribution in [0.1, 0.15) is 13.8 Å². The average Bonchev–Trinajstić information content (AvgIpc) is 3.33. The third kappa shape index (κ3) is 4.06. The maximum absolute atomic E-state index is 12.9. The molecule has 0 saturated carbocycles. The summed E-state index contributed by atoms with van der Waals surface area (Å²) in [7, 11) is -2.76. The van der Waals surface area contributed by atoms with Gasteiger partial charge in [0.25, 0.3) is 0 Å². The topological polar surface area (TPSA) is 98.8 Å². The van der Waals surface area contributed by atoms with Crippen LogP contribution in [0.15, 0.2) is 62.3 Å². The predicted molar refractivity (Wildman–Crippen MR) is 117 cm³/mol. The number of carbonyl (C=O) groups is 1. The van der Waals surface area contributed by atoms with E-state index in [1.807, 2.05) is 12.1 Å². The molecule has 2 heterocycles. The molecule has 0 amide bonds. The van der Waals surface area contributed by atoms with Crippen LogP contribution in [0.5, 0.6) is 0 Å². The molecule has 0 aliphatic rings. The number of ether oxygens (including phenoxy) is 1. The summed E-state index contributed by atoms with van der Waals surface area (Å²) >= 11 is 5.87. The lowest BCUT2D eigenvalue weighted by Gasteiger charge is -2.19. The molecule has 0 fully saturated rings. The molecule has 0 aliphatic carbocycles. The Hall–Kier alpha value is -2.81. The zero-order valence-electron chi connectivity index (χ0n) is 17.0. The first kappa shape index (κ1) is 21.4. The number of methoxy groups -OCH3 is 1. The van der Waals surface area contributed by atoms with Gasteiger partial charge in [0.15, 0.2) is 5.22 Å². The minimum Gasteiger partial charge on any atom is -0.468 e. The fourth-order valence-electron chi connectivity index (χ4n) is 3.37. The van der Waals surface area contributed by atoms with Crippen molar-refractivity contribution in [1.29, 1.82) is 0 Å². The van der Waals surface area contributed by atoms with E-state index in [1.165, 1.54) is 19.2 Å². The van der Waals surface area contributed by atoms with Crippen molar-refractivity contribution >= 4 is 49.5 Å². The number of benzene rings is 2. The number of fused-ring (bicyclic) bond motifs is 3. The Balaban J connectivity index is 1.74. The minimum absolute atomic E-state index is 0.00773. The summed E-state index contributed by atoms with van der Waals surface area (Å²) in [6.07, 6.45) is 0. The Kier molecular flexibility index (Phi) is 5.55. The number of hydrogen-bond donors (Lipinski definition) is 1. The highest BCUT2D eigenvalue weighted by Crippen LogP contribution is 2.34. The van der Waals surface area contributed by atoms with Crippen LogP contribution in [0.2, 0.25) is 5.22 Å². The van der Waals surface area contributed by atoms with Gasteiger partial charge in [-0.15, -0.1) is 0 Å². The predicted octanol–water partition coefficient (Wildman–Crippen LogP) is 4.98. The van der Waals surface area contributed by atoms with Crippen molar-refractivity contribution in [2.45, 2.75) is 24.8 Å². The number of carbonyl (C=O) groups excluding carboxylic acids is 1. The van der Waals surface area contributed by atoms with Crippen molar-refractivity contribution in [1.82, 2.24) is 4.72 Å². The first-order valence-corrected chi connectivity index (χ1v) is 11.4. The van der Waals surface area contributed by atoms with E-state index in [9.17, 15) is 13.2 Å². The van der Waals surface area contributed by atoms with Gasteiger partial charge in [-0.25, -0.2) is 8.42 Å². The number of esters is 1. The molecule has 1 atom stereocenters. The highest BCUT2D eigenvalue weighted by atomic mass is 35.5. The van der Waals surface area contributed by atoms with Gasteiger partial charge in [0, 0.05) is 22.4 Å². The lowest BCUT2D eigenvalue weighted by atomic mass is 10.1. The Labute approximate surface area is 184 Å². The van der Waals surface area contributed by atoms with Crippen molar-refractivity contribution in [3.63, 3.8) is 0 Å². The zero-order chi connectivity index (χ0) is 22.3. The average molecular weight is 462 g/mol. The lowest BCUT2D eigenvalue weighted by molar-refractivity contribution is -0.143. The van der Waals surface area contributed by atoms with Gasteiger partial charge in [-0.3, -0.25) is 4.79 Å². The molecule has 4 rings (SSSR count). The van der Waals surface area contributed by atoms with Gasteiger partial charge in [0.1, 0.15) is 23.0 Å². The molecule has 0 bridgehead atoms. The molecule has 0 unspecified atom stereocenters. The van der Waals surface area contributed by atoms with Crippen molar-refractivity contribution in [3.8, 4) is 11.3 Å². The van der Waals surface area contributed by atoms with Crippen LogP contribution in [-0.2, 0) is 19.6 Å². The lowest BCUT2D eigenvalue weighted by Crippen LogP contribution is -2.44. The summed E-state index contributed by atoms with van der Waals surface area (Å²) < 4.78 is 44.2. The van der Waals surface area contributed by atoms with Crippen molar-refractivity contribution < 1.29 is 26.8 Å². The summed E-state index contributed by atoms with van der Waals surface area (Å²) in [4.78, 5) is 12.0. The van der Waals surface area contributed by atoms with Gasteiger partial charge in [-0.2, -0.15) is 4.72 Å². The van der Waals surface area contributed by atoms with Crippen LogP contribution in [0.25, 0.3) is 33.3 Å². The number of nitrogens with one attached hydrogen (secondary N) is 1. The summed E-state index contributed by atoms with van der Waals surface area (Å²) in [5.74, 6) is -0.313. The van der Waals surface area contributed by atoms with Gasteiger partial charge in [-0.1, -0.05) is 13.8 Å². The van der Waals surface area contributed by atoms with Gasteiger partial charge < -0.3 is 13.6 Å². The van der Waals surface area contributed by atoms with E-state index in [0.717, 1.165) is 16.3 Å². The number of rotatable bonds is 6. The second kappa shape index (κ2) is 8.03. The van der Waals surface area contributed by atoms with Crippen LogP contribution >= 0.6 is 11.6 Å². The largest absolute Gasteiger partial charge is 0.468 e. The molecule has 4 aromatic rings. The summed E-state index contributed by atoms with van der Waals surface area (Å²) in [5, 5.41) is 1.86. The van der Waals surface area contributed by atoms with Crippen LogP contribution in [-0.4, -0.2) is 27.5 Å². The quantitative estimate of drug-likeness (QED) is 0.407. The molecule has 0 radical (unpaired) electrons. The number of halogens is 1. The number of furan rings is 2. The highest BCUT2D eigenvalue weighted by molar-refractivity contribution is 7.89. The van der Waals surface area contributed by atoms with Crippen LogP contribution in [0.3, 0.4) is 0 Å². The Morgan fingerprint density at radius 3 is 2.42 bits per heavy atom. The second-order valence-corrected chi connectivity index (χ2v) is 9.53. The SMILES string of the molecule is COC(=O)[C@@H](NS(=O)(=O)c1ccc2c(c1)oc1ccc(-c3ccc(Cl)o3)cc12)C(C)C. The molecule has 0 saturated heterocycles. The third-order valence-electron chi connectivity index (χ3n) is 5.01. The number of sulfonamides is 1. The van der Waals surface area contributed by atoms with E-state index in [2.05, 4.69) is 4.72 Å². The Morgan fingerprint density at radius 2 is 1.77 bits per heavy atom. The van der Waals surface area contributed by atoms with E-state index in [1.54, 1.807) is 38.1 Å². The van der Waals surface area contributed by atoms with E-state index >= 15 is 0 Å². The van der Waals surface area contributed by atoms with Gasteiger partial charge in [0.05, 0.1) is 12.0 Å². The Morgan fingerprint density at radius 1 is 1.00 bits per heavy atom. The van der Waals surface area contributed by atoms with E-state index in [0.29, 0.717) is 22.1 Å². The van der Waals surface area contributed by atoms with Crippen LogP contribution < -0.4 is 4.72 Å². The van der Waals surface area contributed by atoms with Crippen molar-refractivity contribution in [3.05, 3.63) is 53.8 Å². The molecule has 2 aromatic heterocycles. The molecule has 2 aromatic carbocycles. The van der Waals surface area contributed by atoms with E-state index < -0.39 is 22.0 Å². The number of hydrogen-bond acceptors (Lipinski definition) is 6. The fraction of sp³-hybridized carbons (Fsp3) is 0.227. The maximum Gasteiger partial charge on any atom is 0.324 e. The van der Waals surface area contributed by atoms with Gasteiger partial charge >= 0.3 is 5.97 Å². The molecular weight excluding hydrogens is 442 g/mol. The maximum atomic E-state index is 12.9. The van der Waals surface area contributed by atoms with E-state index in [4.69, 9.17) is 25.2 Å². The first-order chi connectivity index (χ1) is 14.7.